The van der Waals surface area contributed by atoms with Crippen LogP contribution in [0.4, 0.5) is 0 Å². The zero-order valence-electron chi connectivity index (χ0n) is 7.63. The molecule has 0 bridgehead atoms. The highest BCUT2D eigenvalue weighted by Gasteiger charge is 2.30. The van der Waals surface area contributed by atoms with Crippen molar-refractivity contribution in [2.45, 2.75) is 32.4 Å². The Morgan fingerprint density at radius 1 is 1.75 bits per heavy atom. The van der Waals surface area contributed by atoms with Gasteiger partial charge in [-0.2, -0.15) is 5.10 Å². The van der Waals surface area contributed by atoms with Crippen molar-refractivity contribution < 1.29 is 5.11 Å². The number of nitrogens with one attached hydrogen (secondary N) is 1. The van der Waals surface area contributed by atoms with Gasteiger partial charge in [0, 0.05) is 11.7 Å². The zero-order chi connectivity index (χ0) is 9.35. The van der Waals surface area contributed by atoms with Crippen LogP contribution in [0.15, 0.2) is 6.07 Å². The first-order chi connectivity index (χ1) is 5.44. The van der Waals surface area contributed by atoms with Gasteiger partial charge in [0.15, 0.2) is 0 Å². The van der Waals surface area contributed by atoms with Crippen molar-refractivity contribution in [3.05, 3.63) is 17.5 Å². The van der Waals surface area contributed by atoms with E-state index >= 15 is 0 Å². The molecule has 1 heterocycles. The molecule has 0 fully saturated rings. The maximum atomic E-state index is 9.87. The molecule has 0 radical (unpaired) electrons. The molecule has 1 aromatic rings. The number of nitrogens with two attached hydrogens (primary N) is 1. The average molecular weight is 169 g/mol. The zero-order valence-corrected chi connectivity index (χ0v) is 7.63. The van der Waals surface area contributed by atoms with Gasteiger partial charge in [0.1, 0.15) is 5.60 Å². The molecule has 0 aliphatic heterocycles. The highest BCUT2D eigenvalue weighted by molar-refractivity contribution is 5.15. The summed E-state index contributed by atoms with van der Waals surface area (Å²) in [5.41, 5.74) is 6.07. The number of aromatic nitrogens is 2. The van der Waals surface area contributed by atoms with E-state index in [1.54, 1.807) is 19.9 Å². The normalized spacial score (nSPS) is 18.8. The molecule has 4 N–H and O–H groups in total. The van der Waals surface area contributed by atoms with Crippen LogP contribution in [-0.4, -0.2) is 21.3 Å². The van der Waals surface area contributed by atoms with Gasteiger partial charge in [0.05, 0.1) is 5.69 Å². The van der Waals surface area contributed by atoms with E-state index in [2.05, 4.69) is 10.2 Å². The molecule has 0 saturated carbocycles. The van der Waals surface area contributed by atoms with E-state index in [0.717, 1.165) is 5.69 Å². The number of hydrogen-bond donors (Lipinski definition) is 3. The van der Waals surface area contributed by atoms with Crippen LogP contribution in [-0.2, 0) is 5.60 Å². The number of H-pyrrole nitrogens is 1. The summed E-state index contributed by atoms with van der Waals surface area (Å²) in [4.78, 5) is 0. The second-order valence-corrected chi connectivity index (χ2v) is 3.37. The molecule has 0 aliphatic carbocycles. The van der Waals surface area contributed by atoms with Crippen LogP contribution in [0.1, 0.15) is 25.2 Å². The van der Waals surface area contributed by atoms with E-state index in [1.165, 1.54) is 0 Å². The SMILES string of the molecule is Cc1cc(C(C)(O)C(C)N)n[nH]1. The van der Waals surface area contributed by atoms with E-state index in [1.807, 2.05) is 6.92 Å². The second-order valence-electron chi connectivity index (χ2n) is 3.37. The van der Waals surface area contributed by atoms with Gasteiger partial charge in [0.2, 0.25) is 0 Å². The number of nitrogens with zero attached hydrogens (tertiary/aromatic N) is 1. The van der Waals surface area contributed by atoms with E-state index in [0.29, 0.717) is 5.69 Å². The first-order valence-electron chi connectivity index (χ1n) is 3.95. The molecular formula is C8H15N3O. The molecule has 12 heavy (non-hydrogen) atoms. The lowest BCUT2D eigenvalue weighted by Gasteiger charge is -2.24. The smallest absolute Gasteiger partial charge is 0.120 e. The first kappa shape index (κ1) is 9.22. The van der Waals surface area contributed by atoms with E-state index in [9.17, 15) is 5.11 Å². The predicted molar refractivity (Wildman–Crippen MR) is 46.5 cm³/mol. The molecule has 0 aliphatic rings. The van der Waals surface area contributed by atoms with Gasteiger partial charge in [-0.25, -0.2) is 0 Å². The standard InChI is InChI=1S/C8H15N3O/c1-5-4-7(11-10-5)8(3,12)6(2)9/h4,6,12H,9H2,1-3H3,(H,10,11). The van der Waals surface area contributed by atoms with Crippen LogP contribution in [0.2, 0.25) is 0 Å². The Kier molecular flexibility index (Phi) is 2.21. The van der Waals surface area contributed by atoms with E-state index in [4.69, 9.17) is 5.73 Å². The number of aryl methyl sites for hydroxylation is 1. The van der Waals surface area contributed by atoms with Gasteiger partial charge in [-0.1, -0.05) is 0 Å². The number of rotatable bonds is 2. The van der Waals surface area contributed by atoms with Crippen LogP contribution in [0.3, 0.4) is 0 Å². The molecule has 0 saturated heterocycles. The third-order valence-corrected chi connectivity index (χ3v) is 2.11. The van der Waals surface area contributed by atoms with Crippen LogP contribution in [0.25, 0.3) is 0 Å². The molecule has 4 nitrogen and oxygen atoms in total. The molecule has 0 aromatic carbocycles. The van der Waals surface area contributed by atoms with E-state index in [-0.39, 0.29) is 6.04 Å². The molecular weight excluding hydrogens is 154 g/mol. The molecule has 2 unspecified atom stereocenters. The Morgan fingerprint density at radius 3 is 2.67 bits per heavy atom. The van der Waals surface area contributed by atoms with Gasteiger partial charge in [-0.05, 0) is 26.8 Å². The van der Waals surface area contributed by atoms with E-state index < -0.39 is 5.60 Å². The van der Waals surface area contributed by atoms with Gasteiger partial charge in [0.25, 0.3) is 0 Å². The highest BCUT2D eigenvalue weighted by atomic mass is 16.3. The number of aliphatic hydroxyl groups is 1. The third kappa shape index (κ3) is 1.49. The monoisotopic (exact) mass is 169 g/mol. The largest absolute Gasteiger partial charge is 0.382 e. The van der Waals surface area contributed by atoms with Crippen molar-refractivity contribution in [2.24, 2.45) is 5.73 Å². The molecule has 1 rings (SSSR count). The van der Waals surface area contributed by atoms with Crippen molar-refractivity contribution in [1.82, 2.24) is 10.2 Å². The van der Waals surface area contributed by atoms with Crippen molar-refractivity contribution in [3.63, 3.8) is 0 Å². The minimum absolute atomic E-state index is 0.333. The van der Waals surface area contributed by atoms with Crippen molar-refractivity contribution in [3.8, 4) is 0 Å². The Balaban J connectivity index is 2.97. The van der Waals surface area contributed by atoms with Crippen LogP contribution in [0, 0.1) is 6.92 Å². The van der Waals surface area contributed by atoms with Crippen molar-refractivity contribution in [2.75, 3.05) is 0 Å². The minimum Gasteiger partial charge on any atom is -0.382 e. The van der Waals surface area contributed by atoms with Crippen LogP contribution < -0.4 is 5.73 Å². The summed E-state index contributed by atoms with van der Waals surface area (Å²) in [6.07, 6.45) is 0. The first-order valence-corrected chi connectivity index (χ1v) is 3.95. The number of hydrogen-bond acceptors (Lipinski definition) is 3. The quantitative estimate of drug-likeness (QED) is 0.595. The summed E-state index contributed by atoms with van der Waals surface area (Å²) in [7, 11) is 0. The summed E-state index contributed by atoms with van der Waals surface area (Å²) in [5, 5.41) is 16.6. The van der Waals surface area contributed by atoms with Crippen molar-refractivity contribution in [1.29, 1.82) is 0 Å². The Hall–Kier alpha value is -0.870. The lowest BCUT2D eigenvalue weighted by atomic mass is 9.95. The maximum Gasteiger partial charge on any atom is 0.120 e. The van der Waals surface area contributed by atoms with Gasteiger partial charge in [-0.15, -0.1) is 0 Å². The fourth-order valence-electron chi connectivity index (χ4n) is 0.911. The van der Waals surface area contributed by atoms with Crippen LogP contribution >= 0.6 is 0 Å². The molecule has 1 aromatic heterocycles. The summed E-state index contributed by atoms with van der Waals surface area (Å²) in [6.45, 7) is 5.30. The third-order valence-electron chi connectivity index (χ3n) is 2.11. The summed E-state index contributed by atoms with van der Waals surface area (Å²) in [6, 6.07) is 1.46. The topological polar surface area (TPSA) is 74.9 Å². The summed E-state index contributed by atoms with van der Waals surface area (Å²) >= 11 is 0. The predicted octanol–water partition coefficient (Wildman–Crippen LogP) is 0.273. The molecule has 2 atom stereocenters. The highest BCUT2D eigenvalue weighted by Crippen LogP contribution is 2.21. The fourth-order valence-corrected chi connectivity index (χ4v) is 0.911. The Morgan fingerprint density at radius 2 is 2.33 bits per heavy atom. The maximum absolute atomic E-state index is 9.87. The molecule has 0 amide bonds. The fraction of sp³-hybridized carbons (Fsp3) is 0.625. The lowest BCUT2D eigenvalue weighted by Crippen LogP contribution is -2.41. The van der Waals surface area contributed by atoms with Crippen LogP contribution in [0.5, 0.6) is 0 Å². The van der Waals surface area contributed by atoms with Gasteiger partial charge < -0.3 is 10.8 Å². The second kappa shape index (κ2) is 2.88. The van der Waals surface area contributed by atoms with Gasteiger partial charge in [-0.3, -0.25) is 5.10 Å². The lowest BCUT2D eigenvalue weighted by molar-refractivity contribution is 0.0305. The average Bonchev–Trinajstić information content (AvgIpc) is 2.35. The molecule has 0 spiro atoms. The number of aromatic amines is 1. The Bertz CT molecular complexity index is 265. The molecule has 68 valence electrons. The van der Waals surface area contributed by atoms with Gasteiger partial charge >= 0.3 is 0 Å². The summed E-state index contributed by atoms with van der Waals surface area (Å²) < 4.78 is 0. The van der Waals surface area contributed by atoms with Crippen molar-refractivity contribution >= 4 is 0 Å². The molecule has 4 heteroatoms. The summed E-state index contributed by atoms with van der Waals surface area (Å²) in [5.74, 6) is 0. The minimum atomic E-state index is -1.05. The Labute approximate surface area is 71.8 Å².